The maximum atomic E-state index is 11.8. The van der Waals surface area contributed by atoms with Gasteiger partial charge in [0.15, 0.2) is 6.61 Å². The summed E-state index contributed by atoms with van der Waals surface area (Å²) in [5, 5.41) is 15.3. The number of nitrogens with zero attached hydrogens (tertiary/aromatic N) is 2. The Bertz CT molecular complexity index is 792. The van der Waals surface area contributed by atoms with Gasteiger partial charge < -0.3 is 4.74 Å². The molecule has 1 N–H and O–H groups in total. The van der Waals surface area contributed by atoms with Gasteiger partial charge in [-0.25, -0.2) is 5.43 Å². The van der Waals surface area contributed by atoms with Gasteiger partial charge in [0.05, 0.1) is 21.2 Å². The van der Waals surface area contributed by atoms with Crippen LogP contribution in [-0.4, -0.2) is 23.1 Å². The number of hydrazone groups is 1. The van der Waals surface area contributed by atoms with Crippen LogP contribution in [0.5, 0.6) is 5.75 Å². The molecular formula is C16H14ClN3O4. The van der Waals surface area contributed by atoms with Crippen molar-refractivity contribution >= 4 is 28.9 Å². The Balaban J connectivity index is 1.99. The van der Waals surface area contributed by atoms with Crippen LogP contribution >= 0.6 is 11.6 Å². The zero-order chi connectivity index (χ0) is 17.5. The number of benzene rings is 2. The standard InChI is InChI=1S/C16H14ClN3O4/c1-11(12-6-2-4-8-14(12)20(22)23)18-19-16(21)10-24-15-9-5-3-7-13(15)17/h2-9H,10H2,1H3,(H,19,21)/b18-11-. The number of nitro groups is 1. The van der Waals surface area contributed by atoms with Crippen LogP contribution in [0.3, 0.4) is 0 Å². The number of nitrogens with one attached hydrogen (secondary N) is 1. The lowest BCUT2D eigenvalue weighted by atomic mass is 10.1. The third-order valence-electron chi connectivity index (χ3n) is 3.03. The third kappa shape index (κ3) is 4.53. The molecule has 0 aliphatic carbocycles. The Morgan fingerprint density at radius 1 is 1.25 bits per heavy atom. The van der Waals surface area contributed by atoms with Crippen LogP contribution in [0.1, 0.15) is 12.5 Å². The minimum absolute atomic E-state index is 0.0830. The number of amides is 1. The van der Waals surface area contributed by atoms with E-state index in [1.807, 2.05) is 0 Å². The predicted octanol–water partition coefficient (Wildman–Crippen LogP) is 3.17. The Hall–Kier alpha value is -2.93. The second kappa shape index (κ2) is 8.07. The largest absolute Gasteiger partial charge is 0.482 e. The second-order valence-corrected chi connectivity index (χ2v) is 5.13. The molecule has 2 rings (SSSR count). The molecule has 0 aromatic heterocycles. The van der Waals surface area contributed by atoms with Crippen LogP contribution in [0.2, 0.25) is 5.02 Å². The highest BCUT2D eigenvalue weighted by atomic mass is 35.5. The number of carbonyl (C=O) groups is 1. The van der Waals surface area contributed by atoms with Crippen LogP contribution in [0.15, 0.2) is 53.6 Å². The van der Waals surface area contributed by atoms with Crippen molar-refractivity contribution in [2.75, 3.05) is 6.61 Å². The van der Waals surface area contributed by atoms with E-state index in [-0.39, 0.29) is 12.3 Å². The van der Waals surface area contributed by atoms with Gasteiger partial charge in [-0.3, -0.25) is 14.9 Å². The number of carbonyl (C=O) groups excluding carboxylic acids is 1. The number of ether oxygens (including phenoxy) is 1. The summed E-state index contributed by atoms with van der Waals surface area (Å²) in [7, 11) is 0. The Morgan fingerprint density at radius 3 is 2.62 bits per heavy atom. The fraction of sp³-hybridized carbons (Fsp3) is 0.125. The lowest BCUT2D eigenvalue weighted by Crippen LogP contribution is -2.25. The quantitative estimate of drug-likeness (QED) is 0.493. The van der Waals surface area contributed by atoms with Crippen LogP contribution in [-0.2, 0) is 4.79 Å². The molecule has 0 saturated carbocycles. The molecule has 0 aliphatic heterocycles. The van der Waals surface area contributed by atoms with E-state index in [1.165, 1.54) is 6.07 Å². The molecule has 1 amide bonds. The molecule has 124 valence electrons. The van der Waals surface area contributed by atoms with Crippen LogP contribution in [0.25, 0.3) is 0 Å². The smallest absolute Gasteiger partial charge is 0.278 e. The van der Waals surface area contributed by atoms with Crippen molar-refractivity contribution in [3.8, 4) is 5.75 Å². The molecule has 7 nitrogen and oxygen atoms in total. The van der Waals surface area contributed by atoms with E-state index in [9.17, 15) is 14.9 Å². The minimum atomic E-state index is -0.507. The van der Waals surface area contributed by atoms with E-state index in [0.717, 1.165) is 0 Å². The Kier molecular flexibility index (Phi) is 5.86. The molecule has 0 aliphatic rings. The van der Waals surface area contributed by atoms with Crippen molar-refractivity contribution in [2.45, 2.75) is 6.92 Å². The lowest BCUT2D eigenvalue weighted by molar-refractivity contribution is -0.385. The van der Waals surface area contributed by atoms with Crippen LogP contribution < -0.4 is 10.2 Å². The van der Waals surface area contributed by atoms with Crippen molar-refractivity contribution in [2.24, 2.45) is 5.10 Å². The maximum absolute atomic E-state index is 11.8. The second-order valence-electron chi connectivity index (χ2n) is 4.73. The number of hydrogen-bond acceptors (Lipinski definition) is 5. The zero-order valence-corrected chi connectivity index (χ0v) is 13.5. The van der Waals surface area contributed by atoms with Crippen LogP contribution in [0, 0.1) is 10.1 Å². The summed E-state index contributed by atoms with van der Waals surface area (Å²) in [4.78, 5) is 22.2. The van der Waals surface area contributed by atoms with Crippen molar-refractivity contribution in [1.82, 2.24) is 5.43 Å². The zero-order valence-electron chi connectivity index (χ0n) is 12.7. The van der Waals surface area contributed by atoms with Gasteiger partial charge in [-0.1, -0.05) is 35.9 Å². The van der Waals surface area contributed by atoms with E-state index in [4.69, 9.17) is 16.3 Å². The van der Waals surface area contributed by atoms with Gasteiger partial charge in [0.25, 0.3) is 11.6 Å². The molecule has 2 aromatic carbocycles. The van der Waals surface area contributed by atoms with Crippen molar-refractivity contribution in [3.05, 3.63) is 69.2 Å². The number of nitro benzene ring substituents is 1. The van der Waals surface area contributed by atoms with Gasteiger partial charge in [-0.05, 0) is 25.1 Å². The number of halogens is 1. The highest BCUT2D eigenvalue weighted by Crippen LogP contribution is 2.22. The molecule has 0 bridgehead atoms. The van der Waals surface area contributed by atoms with E-state index in [0.29, 0.717) is 22.0 Å². The van der Waals surface area contributed by atoms with Crippen molar-refractivity contribution in [3.63, 3.8) is 0 Å². The SMILES string of the molecule is C/C(=N/NC(=O)COc1ccccc1Cl)c1ccccc1[N+](=O)[O-]. The van der Waals surface area contributed by atoms with Gasteiger partial charge in [0.2, 0.25) is 0 Å². The fourth-order valence-corrected chi connectivity index (χ4v) is 2.07. The summed E-state index contributed by atoms with van der Waals surface area (Å²) in [6.07, 6.45) is 0. The first-order valence-electron chi connectivity index (χ1n) is 6.93. The van der Waals surface area contributed by atoms with Gasteiger partial charge in [0, 0.05) is 6.07 Å². The van der Waals surface area contributed by atoms with Gasteiger partial charge in [-0.2, -0.15) is 5.10 Å². The molecule has 0 atom stereocenters. The molecule has 24 heavy (non-hydrogen) atoms. The molecule has 0 spiro atoms. The Labute approximate surface area is 143 Å². The molecular weight excluding hydrogens is 334 g/mol. The van der Waals surface area contributed by atoms with Gasteiger partial charge >= 0.3 is 0 Å². The summed E-state index contributed by atoms with van der Waals surface area (Å²) in [5.41, 5.74) is 2.85. The lowest BCUT2D eigenvalue weighted by Gasteiger charge is -2.07. The molecule has 0 saturated heterocycles. The topological polar surface area (TPSA) is 93.8 Å². The van der Waals surface area contributed by atoms with Gasteiger partial charge in [-0.15, -0.1) is 0 Å². The highest BCUT2D eigenvalue weighted by molar-refractivity contribution is 6.32. The van der Waals surface area contributed by atoms with E-state index < -0.39 is 10.8 Å². The predicted molar refractivity (Wildman–Crippen MR) is 90.4 cm³/mol. The third-order valence-corrected chi connectivity index (χ3v) is 3.35. The number of hydrogen-bond donors (Lipinski definition) is 1. The maximum Gasteiger partial charge on any atom is 0.278 e. The van der Waals surface area contributed by atoms with Crippen LogP contribution in [0.4, 0.5) is 5.69 Å². The summed E-state index contributed by atoms with van der Waals surface area (Å²) >= 11 is 5.91. The first kappa shape index (κ1) is 17.4. The molecule has 0 unspecified atom stereocenters. The molecule has 8 heteroatoms. The average Bonchev–Trinajstić information content (AvgIpc) is 2.59. The fourth-order valence-electron chi connectivity index (χ4n) is 1.88. The van der Waals surface area contributed by atoms with E-state index >= 15 is 0 Å². The summed E-state index contributed by atoms with van der Waals surface area (Å²) in [6, 6.07) is 12.9. The molecule has 2 aromatic rings. The first-order chi connectivity index (χ1) is 11.5. The molecule has 0 heterocycles. The average molecular weight is 348 g/mol. The normalized spacial score (nSPS) is 11.0. The summed E-state index contributed by atoms with van der Waals surface area (Å²) in [5.74, 6) is -0.124. The monoisotopic (exact) mass is 347 g/mol. The minimum Gasteiger partial charge on any atom is -0.482 e. The molecule has 0 radical (unpaired) electrons. The van der Waals surface area contributed by atoms with Gasteiger partial charge in [0.1, 0.15) is 5.75 Å². The van der Waals surface area contributed by atoms with E-state index in [1.54, 1.807) is 49.4 Å². The van der Waals surface area contributed by atoms with Crippen molar-refractivity contribution in [1.29, 1.82) is 0 Å². The summed E-state index contributed by atoms with van der Waals surface area (Å²) < 4.78 is 5.28. The molecule has 0 fully saturated rings. The first-order valence-corrected chi connectivity index (χ1v) is 7.31. The van der Waals surface area contributed by atoms with Crippen molar-refractivity contribution < 1.29 is 14.5 Å². The Morgan fingerprint density at radius 2 is 1.92 bits per heavy atom. The number of para-hydroxylation sites is 2. The summed E-state index contributed by atoms with van der Waals surface area (Å²) in [6.45, 7) is 1.29. The highest BCUT2D eigenvalue weighted by Gasteiger charge is 2.15. The van der Waals surface area contributed by atoms with E-state index in [2.05, 4.69) is 10.5 Å². The number of rotatable bonds is 6.